The quantitative estimate of drug-likeness (QED) is 0.696. The van der Waals surface area contributed by atoms with E-state index in [4.69, 9.17) is 9.47 Å². The van der Waals surface area contributed by atoms with Gasteiger partial charge in [0.05, 0.1) is 18.3 Å². The number of ketones is 1. The first-order chi connectivity index (χ1) is 8.56. The third kappa shape index (κ3) is 4.15. The Balaban J connectivity index is 2.66. The van der Waals surface area contributed by atoms with Crippen LogP contribution in [0.25, 0.3) is 0 Å². The molecule has 0 radical (unpaired) electrons. The van der Waals surface area contributed by atoms with Crippen LogP contribution in [0.15, 0.2) is 24.3 Å². The lowest BCUT2D eigenvalue weighted by molar-refractivity contribution is 0.0334. The monoisotopic (exact) mass is 250 g/mol. The second-order valence-electron chi connectivity index (χ2n) is 4.61. The van der Waals surface area contributed by atoms with E-state index in [0.29, 0.717) is 23.8 Å². The van der Waals surface area contributed by atoms with Gasteiger partial charge in [-0.05, 0) is 31.9 Å². The SMILES string of the molecule is CCOc1ccccc1C(=O)COC(C)C(C)C. The number of Topliss-reactive ketones (excluding diaryl/α,β-unsaturated/α-hetero) is 1. The molecule has 0 N–H and O–H groups in total. The molecule has 1 aromatic carbocycles. The summed E-state index contributed by atoms with van der Waals surface area (Å²) in [6, 6.07) is 7.28. The smallest absolute Gasteiger partial charge is 0.192 e. The summed E-state index contributed by atoms with van der Waals surface area (Å²) in [5.74, 6) is 0.997. The highest BCUT2D eigenvalue weighted by Gasteiger charge is 2.14. The van der Waals surface area contributed by atoms with Gasteiger partial charge in [0.15, 0.2) is 5.78 Å². The van der Waals surface area contributed by atoms with Crippen molar-refractivity contribution >= 4 is 5.78 Å². The highest BCUT2D eigenvalue weighted by atomic mass is 16.5. The second-order valence-corrected chi connectivity index (χ2v) is 4.61. The molecule has 0 spiro atoms. The average Bonchev–Trinajstić information content (AvgIpc) is 2.36. The Labute approximate surface area is 109 Å². The van der Waals surface area contributed by atoms with Crippen LogP contribution in [0.5, 0.6) is 5.75 Å². The van der Waals surface area contributed by atoms with Gasteiger partial charge in [-0.25, -0.2) is 0 Å². The Kier molecular flexibility index (Phi) is 5.86. The zero-order valence-electron chi connectivity index (χ0n) is 11.6. The first kappa shape index (κ1) is 14.7. The molecule has 1 atom stereocenters. The highest BCUT2D eigenvalue weighted by molar-refractivity contribution is 5.99. The molecule has 0 fully saturated rings. The zero-order chi connectivity index (χ0) is 13.5. The summed E-state index contributed by atoms with van der Waals surface area (Å²) >= 11 is 0. The number of hydrogen-bond acceptors (Lipinski definition) is 3. The van der Waals surface area contributed by atoms with Crippen LogP contribution >= 0.6 is 0 Å². The molecular weight excluding hydrogens is 228 g/mol. The van der Waals surface area contributed by atoms with Gasteiger partial charge in [-0.2, -0.15) is 0 Å². The number of carbonyl (C=O) groups is 1. The lowest BCUT2D eigenvalue weighted by Crippen LogP contribution is -2.20. The average molecular weight is 250 g/mol. The minimum atomic E-state index is -0.0356. The number of benzene rings is 1. The summed E-state index contributed by atoms with van der Waals surface area (Å²) in [7, 11) is 0. The lowest BCUT2D eigenvalue weighted by Gasteiger charge is -2.16. The van der Waals surface area contributed by atoms with Crippen molar-refractivity contribution in [3.63, 3.8) is 0 Å². The van der Waals surface area contributed by atoms with Crippen LogP contribution in [0.1, 0.15) is 38.1 Å². The van der Waals surface area contributed by atoms with E-state index in [9.17, 15) is 4.79 Å². The van der Waals surface area contributed by atoms with Crippen LogP contribution in [0.4, 0.5) is 0 Å². The van der Waals surface area contributed by atoms with Crippen molar-refractivity contribution < 1.29 is 14.3 Å². The topological polar surface area (TPSA) is 35.5 Å². The van der Waals surface area contributed by atoms with Gasteiger partial charge in [-0.1, -0.05) is 26.0 Å². The van der Waals surface area contributed by atoms with Crippen molar-refractivity contribution in [2.75, 3.05) is 13.2 Å². The summed E-state index contributed by atoms with van der Waals surface area (Å²) in [5, 5.41) is 0. The maximum atomic E-state index is 12.1. The van der Waals surface area contributed by atoms with E-state index >= 15 is 0 Å². The molecule has 1 unspecified atom stereocenters. The van der Waals surface area contributed by atoms with E-state index in [1.54, 1.807) is 6.07 Å². The molecule has 0 aliphatic rings. The fourth-order valence-electron chi connectivity index (χ4n) is 1.46. The van der Waals surface area contributed by atoms with Gasteiger partial charge in [0.25, 0.3) is 0 Å². The van der Waals surface area contributed by atoms with Crippen LogP contribution in [-0.4, -0.2) is 25.1 Å². The summed E-state index contributed by atoms with van der Waals surface area (Å²) in [6.45, 7) is 8.68. The van der Waals surface area contributed by atoms with E-state index in [0.717, 1.165) is 0 Å². The summed E-state index contributed by atoms with van der Waals surface area (Å²) in [4.78, 5) is 12.1. The molecule has 0 saturated heterocycles. The van der Waals surface area contributed by atoms with Crippen LogP contribution < -0.4 is 4.74 Å². The minimum absolute atomic E-state index is 0.0356. The molecule has 100 valence electrons. The summed E-state index contributed by atoms with van der Waals surface area (Å²) in [6.07, 6.45) is 0.0770. The third-order valence-electron chi connectivity index (χ3n) is 2.90. The first-order valence-corrected chi connectivity index (χ1v) is 6.42. The van der Waals surface area contributed by atoms with E-state index in [-0.39, 0.29) is 18.5 Å². The normalized spacial score (nSPS) is 12.5. The molecule has 0 aromatic heterocycles. The molecular formula is C15H22O3. The minimum Gasteiger partial charge on any atom is -0.493 e. The Hall–Kier alpha value is -1.35. The van der Waals surface area contributed by atoms with Crippen LogP contribution in [0.3, 0.4) is 0 Å². The van der Waals surface area contributed by atoms with Crippen molar-refractivity contribution in [2.45, 2.75) is 33.8 Å². The molecule has 1 aromatic rings. The second kappa shape index (κ2) is 7.17. The zero-order valence-corrected chi connectivity index (χ0v) is 11.6. The number of ether oxygens (including phenoxy) is 2. The number of rotatable bonds is 7. The highest BCUT2D eigenvalue weighted by Crippen LogP contribution is 2.19. The summed E-state index contributed by atoms with van der Waals surface area (Å²) in [5.41, 5.74) is 0.593. The van der Waals surface area contributed by atoms with Gasteiger partial charge in [0, 0.05) is 0 Å². The van der Waals surface area contributed by atoms with Gasteiger partial charge in [0.1, 0.15) is 12.4 Å². The molecule has 0 bridgehead atoms. The standard InChI is InChI=1S/C15H22O3/c1-5-17-15-9-7-6-8-13(15)14(16)10-18-12(4)11(2)3/h6-9,11-12H,5,10H2,1-4H3. The molecule has 3 nitrogen and oxygen atoms in total. The fourth-order valence-corrected chi connectivity index (χ4v) is 1.46. The number of hydrogen-bond donors (Lipinski definition) is 0. The maximum Gasteiger partial charge on any atom is 0.192 e. The first-order valence-electron chi connectivity index (χ1n) is 6.42. The van der Waals surface area contributed by atoms with Crippen molar-refractivity contribution in [1.82, 2.24) is 0 Å². The summed E-state index contributed by atoms with van der Waals surface area (Å²) < 4.78 is 11.0. The number of carbonyl (C=O) groups excluding carboxylic acids is 1. The maximum absolute atomic E-state index is 12.1. The van der Waals surface area contributed by atoms with Gasteiger partial charge in [-0.15, -0.1) is 0 Å². The fraction of sp³-hybridized carbons (Fsp3) is 0.533. The molecule has 0 aliphatic carbocycles. The Morgan fingerprint density at radius 1 is 1.22 bits per heavy atom. The van der Waals surface area contributed by atoms with Gasteiger partial charge in [-0.3, -0.25) is 4.79 Å². The van der Waals surface area contributed by atoms with Crippen molar-refractivity contribution in [3.8, 4) is 5.75 Å². The molecule has 1 rings (SSSR count). The van der Waals surface area contributed by atoms with Crippen molar-refractivity contribution in [2.24, 2.45) is 5.92 Å². The Morgan fingerprint density at radius 2 is 1.89 bits per heavy atom. The molecule has 18 heavy (non-hydrogen) atoms. The molecule has 3 heteroatoms. The largest absolute Gasteiger partial charge is 0.493 e. The van der Waals surface area contributed by atoms with E-state index in [1.807, 2.05) is 32.0 Å². The van der Waals surface area contributed by atoms with E-state index < -0.39 is 0 Å². The van der Waals surface area contributed by atoms with Gasteiger partial charge < -0.3 is 9.47 Å². The third-order valence-corrected chi connectivity index (χ3v) is 2.90. The number of para-hydroxylation sites is 1. The van der Waals surface area contributed by atoms with Crippen LogP contribution in [-0.2, 0) is 4.74 Å². The molecule has 0 saturated carbocycles. The van der Waals surface area contributed by atoms with Crippen molar-refractivity contribution in [3.05, 3.63) is 29.8 Å². The van der Waals surface area contributed by atoms with Gasteiger partial charge >= 0.3 is 0 Å². The molecule has 0 amide bonds. The lowest BCUT2D eigenvalue weighted by atomic mass is 10.1. The van der Waals surface area contributed by atoms with Crippen molar-refractivity contribution in [1.29, 1.82) is 0 Å². The van der Waals surface area contributed by atoms with Crippen LogP contribution in [0.2, 0.25) is 0 Å². The van der Waals surface area contributed by atoms with Gasteiger partial charge in [0.2, 0.25) is 0 Å². The molecule has 0 heterocycles. The predicted octanol–water partition coefficient (Wildman–Crippen LogP) is 3.33. The van der Waals surface area contributed by atoms with E-state index in [1.165, 1.54) is 0 Å². The van der Waals surface area contributed by atoms with E-state index in [2.05, 4.69) is 13.8 Å². The van der Waals surface area contributed by atoms with Crippen LogP contribution in [0, 0.1) is 5.92 Å². The molecule has 0 aliphatic heterocycles. The Morgan fingerprint density at radius 3 is 2.50 bits per heavy atom. The predicted molar refractivity (Wildman–Crippen MR) is 72.2 cm³/mol. The Bertz CT molecular complexity index is 385.